The first-order chi connectivity index (χ1) is 12.4. The van der Waals surface area contributed by atoms with Gasteiger partial charge in [0.25, 0.3) is 0 Å². The molecule has 26 heavy (non-hydrogen) atoms. The zero-order valence-corrected chi connectivity index (χ0v) is 16.6. The molecule has 0 aliphatic heterocycles. The number of rotatable bonds is 6. The van der Waals surface area contributed by atoms with Crippen molar-refractivity contribution in [2.75, 3.05) is 12.4 Å². The number of sulfone groups is 1. The average Bonchev–Trinajstić information content (AvgIpc) is 3.01. The number of nitrogens with zero attached hydrogens (tertiary/aromatic N) is 1. The summed E-state index contributed by atoms with van der Waals surface area (Å²) in [6.07, 6.45) is 0. The van der Waals surface area contributed by atoms with E-state index in [1.165, 1.54) is 11.3 Å². The Kier molecular flexibility index (Phi) is 5.50. The van der Waals surface area contributed by atoms with Crippen LogP contribution in [-0.2, 0) is 15.6 Å². The summed E-state index contributed by atoms with van der Waals surface area (Å²) >= 11 is 7.34. The van der Waals surface area contributed by atoms with Crippen LogP contribution in [0.5, 0.6) is 5.75 Å². The van der Waals surface area contributed by atoms with Crippen LogP contribution in [0.25, 0.3) is 0 Å². The van der Waals surface area contributed by atoms with E-state index in [1.54, 1.807) is 55.0 Å². The molecule has 0 atom stereocenters. The van der Waals surface area contributed by atoms with Crippen molar-refractivity contribution in [3.05, 3.63) is 64.1 Å². The van der Waals surface area contributed by atoms with Crippen LogP contribution in [0.1, 0.15) is 11.3 Å². The molecule has 0 saturated heterocycles. The van der Waals surface area contributed by atoms with Gasteiger partial charge < -0.3 is 10.1 Å². The highest BCUT2D eigenvalue weighted by molar-refractivity contribution is 7.90. The predicted octanol–water partition coefficient (Wildman–Crippen LogP) is 4.83. The van der Waals surface area contributed by atoms with Crippen LogP contribution in [0.4, 0.5) is 10.8 Å². The summed E-state index contributed by atoms with van der Waals surface area (Å²) < 4.78 is 30.4. The number of ether oxygens (including phenoxy) is 1. The molecule has 1 aromatic heterocycles. The third-order valence-electron chi connectivity index (χ3n) is 3.67. The van der Waals surface area contributed by atoms with Crippen molar-refractivity contribution in [3.63, 3.8) is 0 Å². The highest BCUT2D eigenvalue weighted by atomic mass is 35.5. The van der Waals surface area contributed by atoms with Gasteiger partial charge in [-0.25, -0.2) is 13.4 Å². The average molecular weight is 409 g/mol. The monoisotopic (exact) mass is 408 g/mol. The van der Waals surface area contributed by atoms with Crippen LogP contribution >= 0.6 is 22.9 Å². The Morgan fingerprint density at radius 3 is 2.62 bits per heavy atom. The molecule has 0 saturated carbocycles. The number of anilines is 2. The minimum atomic E-state index is -3.44. The van der Waals surface area contributed by atoms with E-state index >= 15 is 0 Å². The number of thiazole rings is 1. The first kappa shape index (κ1) is 18.7. The molecule has 0 fully saturated rings. The van der Waals surface area contributed by atoms with Gasteiger partial charge in [-0.2, -0.15) is 0 Å². The number of methoxy groups -OCH3 is 1. The zero-order valence-electron chi connectivity index (χ0n) is 14.2. The molecule has 5 nitrogen and oxygen atoms in total. The lowest BCUT2D eigenvalue weighted by atomic mass is 10.2. The smallest absolute Gasteiger partial charge is 0.187 e. The standard InChI is InChI=1S/C18H17ClN2O3S2/c1-12-3-6-15(7-4-12)26(22,23)11-14-10-25-18(20-14)21-16-9-13(19)5-8-17(16)24-2/h3-10H,11H2,1-2H3,(H,20,21). The van der Waals surface area contributed by atoms with Gasteiger partial charge in [-0.05, 0) is 37.3 Å². The van der Waals surface area contributed by atoms with E-state index in [4.69, 9.17) is 16.3 Å². The maximum Gasteiger partial charge on any atom is 0.187 e. The molecular weight excluding hydrogens is 392 g/mol. The van der Waals surface area contributed by atoms with Crippen molar-refractivity contribution in [1.29, 1.82) is 0 Å². The molecule has 0 aliphatic rings. The molecule has 3 aromatic rings. The third kappa shape index (κ3) is 4.35. The molecule has 3 rings (SSSR count). The van der Waals surface area contributed by atoms with Gasteiger partial charge in [0.2, 0.25) is 0 Å². The van der Waals surface area contributed by atoms with Gasteiger partial charge in [0.05, 0.1) is 29.1 Å². The Balaban J connectivity index is 1.78. The van der Waals surface area contributed by atoms with E-state index in [0.717, 1.165) is 5.56 Å². The first-order valence-electron chi connectivity index (χ1n) is 7.72. The Hall–Kier alpha value is -2.09. The van der Waals surface area contributed by atoms with Gasteiger partial charge >= 0.3 is 0 Å². The fourth-order valence-corrected chi connectivity index (χ4v) is 4.60. The van der Waals surface area contributed by atoms with Crippen LogP contribution in [0.3, 0.4) is 0 Å². The van der Waals surface area contributed by atoms with Crippen LogP contribution in [0.2, 0.25) is 5.02 Å². The number of halogens is 1. The van der Waals surface area contributed by atoms with Crippen LogP contribution < -0.4 is 10.1 Å². The van der Waals surface area contributed by atoms with Crippen molar-refractivity contribution in [1.82, 2.24) is 4.98 Å². The summed E-state index contributed by atoms with van der Waals surface area (Å²) in [7, 11) is -1.87. The molecule has 0 radical (unpaired) electrons. The predicted molar refractivity (Wildman–Crippen MR) is 105 cm³/mol. The van der Waals surface area contributed by atoms with Crippen LogP contribution in [0.15, 0.2) is 52.7 Å². The molecule has 0 aliphatic carbocycles. The number of benzene rings is 2. The molecule has 2 aromatic carbocycles. The summed E-state index contributed by atoms with van der Waals surface area (Å²) in [5, 5.41) is 5.98. The highest BCUT2D eigenvalue weighted by Gasteiger charge is 2.17. The van der Waals surface area contributed by atoms with Crippen LogP contribution in [-0.4, -0.2) is 20.5 Å². The summed E-state index contributed by atoms with van der Waals surface area (Å²) in [5.41, 5.74) is 2.17. The number of nitrogens with one attached hydrogen (secondary N) is 1. The third-order valence-corrected chi connectivity index (χ3v) is 6.38. The van der Waals surface area contributed by atoms with Gasteiger partial charge in [-0.15, -0.1) is 11.3 Å². The van der Waals surface area contributed by atoms with Crippen molar-refractivity contribution < 1.29 is 13.2 Å². The summed E-state index contributed by atoms with van der Waals surface area (Å²) in [6, 6.07) is 12.0. The molecule has 1 N–H and O–H groups in total. The van der Waals surface area contributed by atoms with Gasteiger partial charge in [-0.1, -0.05) is 29.3 Å². The number of hydrogen-bond donors (Lipinski definition) is 1. The Bertz CT molecular complexity index is 1020. The maximum absolute atomic E-state index is 12.5. The molecule has 136 valence electrons. The summed E-state index contributed by atoms with van der Waals surface area (Å²) in [4.78, 5) is 4.66. The van der Waals surface area contributed by atoms with Gasteiger partial charge in [-0.3, -0.25) is 0 Å². The van der Waals surface area contributed by atoms with E-state index in [1.807, 2.05) is 6.92 Å². The van der Waals surface area contributed by atoms with E-state index in [9.17, 15) is 8.42 Å². The lowest BCUT2D eigenvalue weighted by molar-refractivity contribution is 0.417. The number of aryl methyl sites for hydroxylation is 1. The second-order valence-electron chi connectivity index (χ2n) is 5.69. The first-order valence-corrected chi connectivity index (χ1v) is 10.6. The molecule has 0 bridgehead atoms. The minimum Gasteiger partial charge on any atom is -0.495 e. The van der Waals surface area contributed by atoms with Crippen LogP contribution in [0, 0.1) is 6.92 Å². The minimum absolute atomic E-state index is 0.152. The second kappa shape index (κ2) is 7.65. The SMILES string of the molecule is COc1ccc(Cl)cc1Nc1nc(CS(=O)(=O)c2ccc(C)cc2)cs1. The lowest BCUT2D eigenvalue weighted by Crippen LogP contribution is -2.05. The van der Waals surface area contributed by atoms with Crippen molar-refractivity contribution >= 4 is 43.6 Å². The summed E-state index contributed by atoms with van der Waals surface area (Å²) in [6.45, 7) is 1.92. The van der Waals surface area contributed by atoms with E-state index in [2.05, 4.69) is 10.3 Å². The van der Waals surface area contributed by atoms with Crippen molar-refractivity contribution in [3.8, 4) is 5.75 Å². The van der Waals surface area contributed by atoms with E-state index in [-0.39, 0.29) is 5.75 Å². The molecule has 1 heterocycles. The Labute approximate surface area is 161 Å². The maximum atomic E-state index is 12.5. The van der Waals surface area contributed by atoms with Crippen molar-refractivity contribution in [2.24, 2.45) is 0 Å². The van der Waals surface area contributed by atoms with E-state index in [0.29, 0.717) is 32.2 Å². The Morgan fingerprint density at radius 1 is 1.19 bits per heavy atom. The molecule has 0 spiro atoms. The largest absolute Gasteiger partial charge is 0.495 e. The summed E-state index contributed by atoms with van der Waals surface area (Å²) in [5.74, 6) is 0.472. The molecule has 0 amide bonds. The molecule has 8 heteroatoms. The van der Waals surface area contributed by atoms with E-state index < -0.39 is 9.84 Å². The zero-order chi connectivity index (χ0) is 18.7. The molecule has 0 unspecified atom stereocenters. The molecular formula is C18H17ClN2O3S2. The van der Waals surface area contributed by atoms with Gasteiger partial charge in [0, 0.05) is 10.4 Å². The highest BCUT2D eigenvalue weighted by Crippen LogP contribution is 2.32. The second-order valence-corrected chi connectivity index (χ2v) is 8.97. The normalized spacial score (nSPS) is 11.3. The topological polar surface area (TPSA) is 68.3 Å². The van der Waals surface area contributed by atoms with Gasteiger partial charge in [0.1, 0.15) is 5.75 Å². The Morgan fingerprint density at radius 2 is 1.92 bits per heavy atom. The number of aromatic nitrogens is 1. The quantitative estimate of drug-likeness (QED) is 0.632. The fraction of sp³-hybridized carbons (Fsp3) is 0.167. The van der Waals surface area contributed by atoms with Gasteiger partial charge in [0.15, 0.2) is 15.0 Å². The van der Waals surface area contributed by atoms with Crippen molar-refractivity contribution in [2.45, 2.75) is 17.6 Å². The lowest BCUT2D eigenvalue weighted by Gasteiger charge is -2.09. The number of hydrogen-bond acceptors (Lipinski definition) is 6. The fourth-order valence-electron chi connectivity index (χ4n) is 2.35.